The number of phenols is 2. The number of nitrogens with zero attached hydrogens (tertiary/aromatic N) is 2. The van der Waals surface area contributed by atoms with Crippen molar-refractivity contribution in [2.75, 3.05) is 33.3 Å². The standard InChI is InChI=1S/C22H30N2O5S/c1-22(2,3)17-13-16(21(26)20(25)14-17)15-23-9-11-24(12-10-23)30(27,28)19-7-5-18(29-4)6-8-19/h5-8,13-14,25-26H,9-12,15H2,1-4H3. The van der Waals surface area contributed by atoms with Gasteiger partial charge >= 0.3 is 0 Å². The average molecular weight is 435 g/mol. The second-order valence-electron chi connectivity index (χ2n) is 8.61. The van der Waals surface area contributed by atoms with Gasteiger partial charge in [-0.3, -0.25) is 4.90 Å². The van der Waals surface area contributed by atoms with E-state index >= 15 is 0 Å². The number of piperazine rings is 1. The molecule has 2 aromatic carbocycles. The highest BCUT2D eigenvalue weighted by Gasteiger charge is 2.29. The Morgan fingerprint density at radius 1 is 1.00 bits per heavy atom. The van der Waals surface area contributed by atoms with E-state index < -0.39 is 10.0 Å². The van der Waals surface area contributed by atoms with Crippen LogP contribution in [-0.4, -0.2) is 61.1 Å². The van der Waals surface area contributed by atoms with Crippen LogP contribution in [0.4, 0.5) is 0 Å². The lowest BCUT2D eigenvalue weighted by Gasteiger charge is -2.34. The van der Waals surface area contributed by atoms with E-state index in [2.05, 4.69) is 4.90 Å². The molecular weight excluding hydrogens is 404 g/mol. The maximum Gasteiger partial charge on any atom is 0.243 e. The third-order valence-electron chi connectivity index (χ3n) is 5.46. The van der Waals surface area contributed by atoms with Crippen LogP contribution in [0.15, 0.2) is 41.3 Å². The van der Waals surface area contributed by atoms with Crippen molar-refractivity contribution < 1.29 is 23.4 Å². The molecule has 0 bridgehead atoms. The summed E-state index contributed by atoms with van der Waals surface area (Å²) in [5.41, 5.74) is 1.42. The molecule has 0 atom stereocenters. The molecule has 0 aliphatic carbocycles. The van der Waals surface area contributed by atoms with E-state index in [1.165, 1.54) is 11.4 Å². The molecule has 7 nitrogen and oxygen atoms in total. The minimum atomic E-state index is -3.56. The Labute approximate surface area is 178 Å². The molecule has 0 spiro atoms. The normalized spacial score (nSPS) is 16.5. The molecule has 1 aliphatic heterocycles. The summed E-state index contributed by atoms with van der Waals surface area (Å²) in [6.07, 6.45) is 0. The van der Waals surface area contributed by atoms with Gasteiger partial charge in [-0.1, -0.05) is 26.8 Å². The lowest BCUT2D eigenvalue weighted by atomic mass is 9.85. The van der Waals surface area contributed by atoms with Gasteiger partial charge in [0.15, 0.2) is 11.5 Å². The number of ether oxygens (including phenoxy) is 1. The lowest BCUT2D eigenvalue weighted by Crippen LogP contribution is -2.48. The van der Waals surface area contributed by atoms with Crippen LogP contribution in [0.3, 0.4) is 0 Å². The largest absolute Gasteiger partial charge is 0.504 e. The number of phenolic OH excluding ortho intramolecular Hbond substituents is 2. The van der Waals surface area contributed by atoms with Crippen LogP contribution in [0, 0.1) is 0 Å². The summed E-state index contributed by atoms with van der Waals surface area (Å²) >= 11 is 0. The minimum absolute atomic E-state index is 0.115. The van der Waals surface area contributed by atoms with Crippen LogP contribution in [-0.2, 0) is 22.0 Å². The SMILES string of the molecule is COc1ccc(S(=O)(=O)N2CCN(Cc3cc(C(C)(C)C)cc(O)c3O)CC2)cc1. The van der Waals surface area contributed by atoms with E-state index in [4.69, 9.17) is 4.74 Å². The zero-order chi connectivity index (χ0) is 22.1. The Morgan fingerprint density at radius 3 is 2.13 bits per heavy atom. The fourth-order valence-corrected chi connectivity index (χ4v) is 4.92. The zero-order valence-electron chi connectivity index (χ0n) is 17.9. The van der Waals surface area contributed by atoms with Crippen molar-refractivity contribution in [1.82, 2.24) is 9.21 Å². The molecule has 0 saturated carbocycles. The van der Waals surface area contributed by atoms with Crippen LogP contribution >= 0.6 is 0 Å². The average Bonchev–Trinajstić information content (AvgIpc) is 2.71. The Balaban J connectivity index is 1.69. The fourth-order valence-electron chi connectivity index (χ4n) is 3.50. The highest BCUT2D eigenvalue weighted by Crippen LogP contribution is 2.36. The lowest BCUT2D eigenvalue weighted by molar-refractivity contribution is 0.179. The highest BCUT2D eigenvalue weighted by atomic mass is 32.2. The van der Waals surface area contributed by atoms with Crippen LogP contribution in [0.25, 0.3) is 0 Å². The molecule has 1 fully saturated rings. The Morgan fingerprint density at radius 2 is 1.60 bits per heavy atom. The molecule has 0 aromatic heterocycles. The number of hydrogen-bond acceptors (Lipinski definition) is 6. The van der Waals surface area contributed by atoms with Crippen molar-refractivity contribution in [3.63, 3.8) is 0 Å². The predicted molar refractivity (Wildman–Crippen MR) is 116 cm³/mol. The van der Waals surface area contributed by atoms with E-state index in [1.54, 1.807) is 30.3 Å². The molecule has 3 rings (SSSR count). The summed E-state index contributed by atoms with van der Waals surface area (Å²) in [4.78, 5) is 2.33. The van der Waals surface area contributed by atoms with Crippen molar-refractivity contribution >= 4 is 10.0 Å². The summed E-state index contributed by atoms with van der Waals surface area (Å²) in [5.74, 6) is 0.369. The smallest absolute Gasteiger partial charge is 0.243 e. The number of hydrogen-bond donors (Lipinski definition) is 2. The predicted octanol–water partition coefficient (Wildman–Crippen LogP) is 2.91. The molecule has 0 radical (unpaired) electrons. The molecule has 0 unspecified atom stereocenters. The van der Waals surface area contributed by atoms with Crippen LogP contribution in [0.2, 0.25) is 0 Å². The van der Waals surface area contributed by atoms with Crippen molar-refractivity contribution in [3.05, 3.63) is 47.5 Å². The van der Waals surface area contributed by atoms with Crippen molar-refractivity contribution in [2.45, 2.75) is 37.6 Å². The van der Waals surface area contributed by atoms with Gasteiger partial charge in [0.1, 0.15) is 5.75 Å². The fraction of sp³-hybridized carbons (Fsp3) is 0.455. The summed E-state index contributed by atoms with van der Waals surface area (Å²) < 4.78 is 32.4. The maximum absolute atomic E-state index is 12.9. The van der Waals surface area contributed by atoms with E-state index in [0.717, 1.165) is 5.56 Å². The van der Waals surface area contributed by atoms with Gasteiger partial charge in [0.05, 0.1) is 12.0 Å². The number of rotatable bonds is 5. The molecule has 0 amide bonds. The van der Waals surface area contributed by atoms with Gasteiger partial charge < -0.3 is 14.9 Å². The van der Waals surface area contributed by atoms with E-state index in [-0.39, 0.29) is 21.8 Å². The van der Waals surface area contributed by atoms with Gasteiger partial charge in [-0.15, -0.1) is 0 Å². The second kappa shape index (κ2) is 8.45. The molecule has 30 heavy (non-hydrogen) atoms. The third kappa shape index (κ3) is 4.71. The first-order chi connectivity index (χ1) is 14.0. The Kier molecular flexibility index (Phi) is 6.31. The molecular formula is C22H30N2O5S. The minimum Gasteiger partial charge on any atom is -0.504 e. The number of aromatic hydroxyl groups is 2. The summed E-state index contributed by atoms with van der Waals surface area (Å²) in [6, 6.07) is 9.90. The summed E-state index contributed by atoms with van der Waals surface area (Å²) in [6.45, 7) is 8.38. The number of methoxy groups -OCH3 is 1. The van der Waals surface area contributed by atoms with Crippen molar-refractivity contribution in [2.24, 2.45) is 0 Å². The molecule has 8 heteroatoms. The van der Waals surface area contributed by atoms with Crippen LogP contribution < -0.4 is 4.74 Å². The number of benzene rings is 2. The monoisotopic (exact) mass is 434 g/mol. The van der Waals surface area contributed by atoms with E-state index in [1.807, 2.05) is 26.8 Å². The summed E-state index contributed by atoms with van der Waals surface area (Å²) in [5, 5.41) is 20.4. The summed E-state index contributed by atoms with van der Waals surface area (Å²) in [7, 11) is -2.02. The molecule has 164 valence electrons. The molecule has 1 heterocycles. The first-order valence-electron chi connectivity index (χ1n) is 9.94. The van der Waals surface area contributed by atoms with Gasteiger partial charge in [0.2, 0.25) is 10.0 Å². The quantitative estimate of drug-likeness (QED) is 0.704. The highest BCUT2D eigenvalue weighted by molar-refractivity contribution is 7.89. The zero-order valence-corrected chi connectivity index (χ0v) is 18.7. The topological polar surface area (TPSA) is 90.3 Å². The van der Waals surface area contributed by atoms with Gasteiger partial charge in [0.25, 0.3) is 0 Å². The molecule has 2 aromatic rings. The van der Waals surface area contributed by atoms with E-state index in [9.17, 15) is 18.6 Å². The maximum atomic E-state index is 12.9. The molecule has 1 aliphatic rings. The third-order valence-corrected chi connectivity index (χ3v) is 7.37. The van der Waals surface area contributed by atoms with Gasteiger partial charge in [-0.25, -0.2) is 8.42 Å². The van der Waals surface area contributed by atoms with Crippen LogP contribution in [0.1, 0.15) is 31.9 Å². The molecule has 1 saturated heterocycles. The van der Waals surface area contributed by atoms with Crippen molar-refractivity contribution in [3.8, 4) is 17.2 Å². The molecule has 2 N–H and O–H groups in total. The van der Waals surface area contributed by atoms with E-state index in [0.29, 0.717) is 44.0 Å². The van der Waals surface area contributed by atoms with Gasteiger partial charge in [-0.05, 0) is 41.3 Å². The van der Waals surface area contributed by atoms with Crippen LogP contribution in [0.5, 0.6) is 17.2 Å². The van der Waals surface area contributed by atoms with Gasteiger partial charge in [-0.2, -0.15) is 4.31 Å². The van der Waals surface area contributed by atoms with Gasteiger partial charge in [0, 0.05) is 38.3 Å². The first kappa shape index (κ1) is 22.4. The second-order valence-corrected chi connectivity index (χ2v) is 10.5. The first-order valence-corrected chi connectivity index (χ1v) is 11.4. The number of sulfonamides is 1. The van der Waals surface area contributed by atoms with Crippen molar-refractivity contribution in [1.29, 1.82) is 0 Å². The Hall–Kier alpha value is -2.29. The Bertz CT molecular complexity index is 989.